The van der Waals surface area contributed by atoms with Crippen molar-refractivity contribution in [2.75, 3.05) is 6.54 Å². The van der Waals surface area contributed by atoms with Gasteiger partial charge in [-0.25, -0.2) is 4.98 Å². The molecular formula is C25H30N4. The molecule has 3 aromatic rings. The summed E-state index contributed by atoms with van der Waals surface area (Å²) in [6.07, 6.45) is 6.56. The summed E-state index contributed by atoms with van der Waals surface area (Å²) >= 11 is 0. The molecule has 150 valence electrons. The fourth-order valence-corrected chi connectivity index (χ4v) is 3.65. The highest BCUT2D eigenvalue weighted by Gasteiger charge is 2.11. The third-order valence-electron chi connectivity index (χ3n) is 5.21. The third-order valence-corrected chi connectivity index (χ3v) is 5.21. The van der Waals surface area contributed by atoms with Gasteiger partial charge in [-0.05, 0) is 81.0 Å². The summed E-state index contributed by atoms with van der Waals surface area (Å²) in [6.45, 7) is 13.0. The van der Waals surface area contributed by atoms with E-state index in [1.165, 1.54) is 16.7 Å². The van der Waals surface area contributed by atoms with Gasteiger partial charge in [0.2, 0.25) is 0 Å². The SMILES string of the molecule is C=Cc1cc(C(C)=Nc2c(C)cc(CCCN)cc2C)c2ncc(CC)nc2c1. The van der Waals surface area contributed by atoms with Crippen LogP contribution in [0.1, 0.15) is 53.8 Å². The lowest BCUT2D eigenvalue weighted by atomic mass is 10.0. The lowest BCUT2D eigenvalue weighted by molar-refractivity contribution is 0.831. The number of benzene rings is 2. The van der Waals surface area contributed by atoms with E-state index in [-0.39, 0.29) is 0 Å². The molecule has 0 atom stereocenters. The smallest absolute Gasteiger partial charge is 0.0977 e. The van der Waals surface area contributed by atoms with Crippen LogP contribution in [0.15, 0.2) is 42.0 Å². The van der Waals surface area contributed by atoms with Gasteiger partial charge < -0.3 is 5.73 Å². The van der Waals surface area contributed by atoms with E-state index in [4.69, 9.17) is 20.7 Å². The van der Waals surface area contributed by atoms with Crippen LogP contribution < -0.4 is 5.73 Å². The van der Waals surface area contributed by atoms with Crippen molar-refractivity contribution in [2.45, 2.75) is 47.0 Å². The molecule has 3 rings (SSSR count). The highest BCUT2D eigenvalue weighted by atomic mass is 14.8. The van der Waals surface area contributed by atoms with E-state index in [1.807, 2.05) is 25.3 Å². The maximum Gasteiger partial charge on any atom is 0.0977 e. The molecule has 0 aliphatic heterocycles. The van der Waals surface area contributed by atoms with Crippen LogP contribution in [-0.2, 0) is 12.8 Å². The Morgan fingerprint density at radius 2 is 1.90 bits per heavy atom. The van der Waals surface area contributed by atoms with Gasteiger partial charge in [-0.15, -0.1) is 0 Å². The summed E-state index contributed by atoms with van der Waals surface area (Å²) in [6, 6.07) is 8.57. The molecule has 2 N–H and O–H groups in total. The first-order valence-corrected chi connectivity index (χ1v) is 10.2. The van der Waals surface area contributed by atoms with Crippen LogP contribution in [0.3, 0.4) is 0 Å². The van der Waals surface area contributed by atoms with E-state index >= 15 is 0 Å². The molecule has 1 heterocycles. The first-order chi connectivity index (χ1) is 14.0. The maximum atomic E-state index is 5.66. The zero-order valence-corrected chi connectivity index (χ0v) is 17.9. The molecule has 0 bridgehead atoms. The van der Waals surface area contributed by atoms with Gasteiger partial charge in [-0.1, -0.05) is 31.7 Å². The van der Waals surface area contributed by atoms with Crippen LogP contribution in [-0.4, -0.2) is 22.2 Å². The van der Waals surface area contributed by atoms with Crippen molar-refractivity contribution in [3.8, 4) is 0 Å². The number of hydrogen-bond donors (Lipinski definition) is 1. The van der Waals surface area contributed by atoms with Crippen molar-refractivity contribution in [3.05, 3.63) is 70.6 Å². The van der Waals surface area contributed by atoms with Crippen molar-refractivity contribution in [1.82, 2.24) is 9.97 Å². The number of aliphatic imine (C=N–C) groups is 1. The van der Waals surface area contributed by atoms with Gasteiger partial charge in [0, 0.05) is 17.5 Å². The van der Waals surface area contributed by atoms with Crippen LogP contribution in [0.25, 0.3) is 17.1 Å². The summed E-state index contributed by atoms with van der Waals surface area (Å²) in [7, 11) is 0. The lowest BCUT2D eigenvalue weighted by Gasteiger charge is -2.12. The molecule has 2 aromatic carbocycles. The highest BCUT2D eigenvalue weighted by molar-refractivity contribution is 6.09. The van der Waals surface area contributed by atoms with Gasteiger partial charge in [0.05, 0.1) is 22.4 Å². The molecule has 0 saturated carbocycles. The van der Waals surface area contributed by atoms with E-state index in [0.29, 0.717) is 6.54 Å². The topological polar surface area (TPSA) is 64.2 Å². The van der Waals surface area contributed by atoms with Crippen LogP contribution in [0.4, 0.5) is 5.69 Å². The van der Waals surface area contributed by atoms with Gasteiger partial charge >= 0.3 is 0 Å². The molecule has 29 heavy (non-hydrogen) atoms. The number of aromatic nitrogens is 2. The number of rotatable bonds is 7. The monoisotopic (exact) mass is 386 g/mol. The Balaban J connectivity index is 2.10. The normalized spacial score (nSPS) is 11.8. The maximum absolute atomic E-state index is 5.66. The Morgan fingerprint density at radius 3 is 2.52 bits per heavy atom. The summed E-state index contributed by atoms with van der Waals surface area (Å²) in [5.41, 5.74) is 16.1. The van der Waals surface area contributed by atoms with E-state index in [9.17, 15) is 0 Å². The number of hydrogen-bond acceptors (Lipinski definition) is 4. The summed E-state index contributed by atoms with van der Waals surface area (Å²) < 4.78 is 0. The second-order valence-electron chi connectivity index (χ2n) is 7.52. The number of nitrogens with zero attached hydrogens (tertiary/aromatic N) is 3. The Hall–Kier alpha value is -2.85. The zero-order chi connectivity index (χ0) is 21.0. The predicted molar refractivity (Wildman–Crippen MR) is 124 cm³/mol. The zero-order valence-electron chi connectivity index (χ0n) is 17.9. The van der Waals surface area contributed by atoms with Gasteiger partial charge in [-0.3, -0.25) is 9.98 Å². The van der Waals surface area contributed by atoms with E-state index in [1.54, 1.807) is 0 Å². The first-order valence-electron chi connectivity index (χ1n) is 10.2. The molecule has 4 heteroatoms. The Morgan fingerprint density at radius 1 is 1.17 bits per heavy atom. The number of aryl methyl sites for hydroxylation is 4. The molecule has 0 radical (unpaired) electrons. The highest BCUT2D eigenvalue weighted by Crippen LogP contribution is 2.28. The Kier molecular flexibility index (Phi) is 6.55. The average Bonchev–Trinajstić information content (AvgIpc) is 2.73. The minimum Gasteiger partial charge on any atom is -0.330 e. The Bertz CT molecular complexity index is 1060. The van der Waals surface area contributed by atoms with Crippen molar-refractivity contribution >= 4 is 28.5 Å². The van der Waals surface area contributed by atoms with Crippen LogP contribution in [0, 0.1) is 13.8 Å². The molecule has 0 amide bonds. The summed E-state index contributed by atoms with van der Waals surface area (Å²) in [5, 5.41) is 0. The molecule has 0 aliphatic rings. The predicted octanol–water partition coefficient (Wildman–Crippen LogP) is 5.48. The fraction of sp³-hybridized carbons (Fsp3) is 0.320. The van der Waals surface area contributed by atoms with Crippen molar-refractivity contribution in [2.24, 2.45) is 10.7 Å². The van der Waals surface area contributed by atoms with Crippen molar-refractivity contribution in [1.29, 1.82) is 0 Å². The van der Waals surface area contributed by atoms with Crippen LogP contribution in [0.2, 0.25) is 0 Å². The second-order valence-corrected chi connectivity index (χ2v) is 7.52. The molecular weight excluding hydrogens is 356 g/mol. The number of fused-ring (bicyclic) bond motifs is 1. The fourth-order valence-electron chi connectivity index (χ4n) is 3.65. The lowest BCUT2D eigenvalue weighted by Crippen LogP contribution is -2.02. The van der Waals surface area contributed by atoms with Gasteiger partial charge in [0.25, 0.3) is 0 Å². The third kappa shape index (κ3) is 4.60. The largest absolute Gasteiger partial charge is 0.330 e. The molecule has 1 aromatic heterocycles. The first kappa shape index (κ1) is 20.9. The standard InChI is InChI=1S/C25H30N4/c1-6-19-13-22(25-23(14-19)29-21(7-2)15-27-25)18(5)28-24-16(3)11-20(9-8-10-26)12-17(24)4/h6,11-15H,1,7-10,26H2,2-5H3. The van der Waals surface area contributed by atoms with Gasteiger partial charge in [-0.2, -0.15) is 0 Å². The van der Waals surface area contributed by atoms with Crippen molar-refractivity contribution < 1.29 is 0 Å². The van der Waals surface area contributed by atoms with E-state index in [0.717, 1.165) is 58.5 Å². The number of nitrogens with two attached hydrogens (primary N) is 1. The average molecular weight is 387 g/mol. The van der Waals surface area contributed by atoms with Crippen molar-refractivity contribution in [3.63, 3.8) is 0 Å². The quantitative estimate of drug-likeness (QED) is 0.547. The molecule has 4 nitrogen and oxygen atoms in total. The molecule has 0 aliphatic carbocycles. The van der Waals surface area contributed by atoms with Crippen LogP contribution in [0.5, 0.6) is 0 Å². The molecule has 0 spiro atoms. The van der Waals surface area contributed by atoms with Crippen LogP contribution >= 0.6 is 0 Å². The minimum absolute atomic E-state index is 0.713. The van der Waals surface area contributed by atoms with E-state index in [2.05, 4.69) is 45.5 Å². The van der Waals surface area contributed by atoms with Gasteiger partial charge in [0.15, 0.2) is 0 Å². The van der Waals surface area contributed by atoms with E-state index < -0.39 is 0 Å². The van der Waals surface area contributed by atoms with Gasteiger partial charge in [0.1, 0.15) is 0 Å². The summed E-state index contributed by atoms with van der Waals surface area (Å²) in [5.74, 6) is 0. The molecule has 0 saturated heterocycles. The minimum atomic E-state index is 0.713. The second kappa shape index (κ2) is 9.10. The molecule has 0 unspecified atom stereocenters. The summed E-state index contributed by atoms with van der Waals surface area (Å²) in [4.78, 5) is 14.5. The molecule has 0 fully saturated rings. The Labute approximate surface area is 173 Å².